The second kappa shape index (κ2) is 25.8. The average Bonchev–Trinajstić information content (AvgIpc) is 3.37. The number of amides is 2. The van der Waals surface area contributed by atoms with Crippen LogP contribution < -0.4 is 10.6 Å². The lowest BCUT2D eigenvalue weighted by Gasteiger charge is -2.40. The highest BCUT2D eigenvalue weighted by Gasteiger charge is 2.45. The maximum Gasteiger partial charge on any atom is 0.251 e. The molecule has 6 rings (SSSR count). The van der Waals surface area contributed by atoms with Crippen LogP contribution in [0.2, 0.25) is 0 Å². The molecule has 2 aliphatic heterocycles. The van der Waals surface area contributed by atoms with Crippen molar-refractivity contribution in [2.24, 2.45) is 0 Å². The lowest BCUT2D eigenvalue weighted by atomic mass is 9.88. The first kappa shape index (κ1) is 56.0. The van der Waals surface area contributed by atoms with Crippen LogP contribution in [-0.2, 0) is 9.47 Å². The van der Waals surface area contributed by atoms with Crippen molar-refractivity contribution >= 4 is 39.3 Å². The number of carbonyl (C=O) groups excluding carboxylic acids is 4. The van der Waals surface area contributed by atoms with Gasteiger partial charge in [0.1, 0.15) is 61.0 Å². The molecule has 0 radical (unpaired) electrons. The molecule has 0 saturated carbocycles. The Morgan fingerprint density at radius 2 is 1.01 bits per heavy atom. The summed E-state index contributed by atoms with van der Waals surface area (Å²) in [6.45, 7) is 6.22. The highest BCUT2D eigenvalue weighted by atomic mass is 79.9. The van der Waals surface area contributed by atoms with Crippen molar-refractivity contribution in [1.82, 2.24) is 10.6 Å². The summed E-state index contributed by atoms with van der Waals surface area (Å²) in [4.78, 5) is 47.4. The van der Waals surface area contributed by atoms with Gasteiger partial charge in [-0.15, -0.1) is 6.42 Å². The molecule has 0 bridgehead atoms. The van der Waals surface area contributed by atoms with E-state index in [1.54, 1.807) is 87.5 Å². The van der Waals surface area contributed by atoms with E-state index in [4.69, 9.17) is 21.0 Å². The van der Waals surface area contributed by atoms with Gasteiger partial charge in [0, 0.05) is 70.4 Å². The Morgan fingerprint density at radius 3 is 1.45 bits per heavy atom. The fourth-order valence-corrected chi connectivity index (χ4v) is 7.96. The monoisotopic (exact) mass is 1010 g/mol. The molecule has 0 unspecified atom stereocenters. The van der Waals surface area contributed by atoms with Crippen LogP contribution in [0.25, 0.3) is 0 Å². The minimum atomic E-state index is -1.48. The zero-order valence-corrected chi connectivity index (χ0v) is 40.6. The van der Waals surface area contributed by atoms with Crippen molar-refractivity contribution in [3.63, 3.8) is 0 Å². The average molecular weight is 1020 g/mol. The van der Waals surface area contributed by atoms with Gasteiger partial charge in [-0.25, -0.2) is 0 Å². The van der Waals surface area contributed by atoms with Crippen LogP contribution in [0.1, 0.15) is 119 Å². The van der Waals surface area contributed by atoms with E-state index in [0.717, 1.165) is 10.0 Å². The molecule has 2 saturated heterocycles. The summed E-state index contributed by atoms with van der Waals surface area (Å²) in [5, 5.41) is 83.9. The summed E-state index contributed by atoms with van der Waals surface area (Å²) < 4.78 is 12.1. The highest BCUT2D eigenvalue weighted by molar-refractivity contribution is 9.10. The Bertz CT molecular complexity index is 2510. The van der Waals surface area contributed by atoms with Crippen molar-refractivity contribution in [3.8, 4) is 24.2 Å². The van der Waals surface area contributed by atoms with Gasteiger partial charge in [-0.1, -0.05) is 71.8 Å². The minimum absolute atomic E-state index is 0.0257. The van der Waals surface area contributed by atoms with Crippen molar-refractivity contribution in [2.45, 2.75) is 102 Å². The summed E-state index contributed by atoms with van der Waals surface area (Å²) in [5.41, 5.74) is 6.12. The number of ether oxygens (including phenoxy) is 2. The normalized spacial score (nSPS) is 23.8. The molecule has 16 nitrogen and oxygen atoms in total. The molecule has 10 atom stereocenters. The Kier molecular flexibility index (Phi) is 20.9. The van der Waals surface area contributed by atoms with E-state index in [-0.39, 0.29) is 23.4 Å². The van der Waals surface area contributed by atoms with Gasteiger partial charge in [-0.3, -0.25) is 19.2 Å². The molecular weight excluding hydrogens is 956 g/mol. The second-order valence-corrected chi connectivity index (χ2v) is 17.0. The summed E-state index contributed by atoms with van der Waals surface area (Å²) in [7, 11) is 3.04. The summed E-state index contributed by atoms with van der Waals surface area (Å²) in [6, 6.07) is 20.2. The van der Waals surface area contributed by atoms with E-state index in [1.807, 2.05) is 13.0 Å². The molecular formula is C52H59BrN2O14. The third kappa shape index (κ3) is 13.6. The summed E-state index contributed by atoms with van der Waals surface area (Å²) in [5.74, 6) is 7.78. The predicted molar refractivity (Wildman–Crippen MR) is 258 cm³/mol. The first-order valence-electron chi connectivity index (χ1n) is 22.1. The zero-order valence-electron chi connectivity index (χ0n) is 39.0. The van der Waals surface area contributed by atoms with Gasteiger partial charge >= 0.3 is 0 Å². The van der Waals surface area contributed by atoms with E-state index >= 15 is 0 Å². The Labute approximate surface area is 409 Å². The van der Waals surface area contributed by atoms with Gasteiger partial charge in [0.15, 0.2) is 11.6 Å². The largest absolute Gasteiger partial charge is 0.394 e. The number of aliphatic hydroxyl groups is 8. The van der Waals surface area contributed by atoms with Crippen molar-refractivity contribution in [1.29, 1.82) is 0 Å². The van der Waals surface area contributed by atoms with E-state index in [9.17, 15) is 54.9 Å². The first-order chi connectivity index (χ1) is 32.8. The molecule has 0 aliphatic carbocycles. The van der Waals surface area contributed by atoms with Crippen LogP contribution in [0.3, 0.4) is 0 Å². The van der Waals surface area contributed by atoms with Gasteiger partial charge in [0.25, 0.3) is 11.8 Å². The van der Waals surface area contributed by atoms with Crippen molar-refractivity contribution in [3.05, 3.63) is 138 Å². The smallest absolute Gasteiger partial charge is 0.251 e. The fraction of sp³-hybridized carbons (Fsp3) is 0.385. The van der Waals surface area contributed by atoms with E-state index in [1.165, 1.54) is 14.1 Å². The predicted octanol–water partition coefficient (Wildman–Crippen LogP) is 2.75. The maximum atomic E-state index is 12.2. The number of hydrogen-bond donors (Lipinski definition) is 10. The summed E-state index contributed by atoms with van der Waals surface area (Å²) in [6.07, 6.45) is -5.93. The quantitative estimate of drug-likeness (QED) is 0.0809. The molecule has 368 valence electrons. The summed E-state index contributed by atoms with van der Waals surface area (Å²) >= 11 is 3.39. The Balaban J connectivity index is 0.000000249. The van der Waals surface area contributed by atoms with Gasteiger partial charge in [-0.05, 0) is 84.6 Å². The zero-order chi connectivity index (χ0) is 51.3. The van der Waals surface area contributed by atoms with Crippen LogP contribution >= 0.6 is 15.9 Å². The molecule has 2 amide bonds. The molecule has 10 N–H and O–H groups in total. The van der Waals surface area contributed by atoms with E-state index in [0.29, 0.717) is 68.5 Å². The number of rotatable bonds is 10. The molecule has 0 aromatic heterocycles. The lowest BCUT2D eigenvalue weighted by Crippen LogP contribution is -2.55. The van der Waals surface area contributed by atoms with Crippen LogP contribution in [-0.4, -0.2) is 140 Å². The van der Waals surface area contributed by atoms with Crippen LogP contribution in [0.4, 0.5) is 0 Å². The van der Waals surface area contributed by atoms with E-state index in [2.05, 4.69) is 44.3 Å². The third-order valence-electron chi connectivity index (χ3n) is 11.7. The number of halogens is 1. The molecule has 69 heavy (non-hydrogen) atoms. The van der Waals surface area contributed by atoms with Crippen LogP contribution in [0.5, 0.6) is 0 Å². The van der Waals surface area contributed by atoms with Crippen molar-refractivity contribution < 1.29 is 69.5 Å². The molecule has 17 heteroatoms. The van der Waals surface area contributed by atoms with Gasteiger partial charge < -0.3 is 61.0 Å². The number of benzene rings is 4. The number of aliphatic hydroxyl groups excluding tert-OH is 8. The van der Waals surface area contributed by atoms with Gasteiger partial charge in [0.05, 0.1) is 13.2 Å². The van der Waals surface area contributed by atoms with Gasteiger partial charge in [-0.2, -0.15) is 0 Å². The number of carbonyl (C=O) groups is 4. The fourth-order valence-electron chi connectivity index (χ4n) is 7.58. The topological polar surface area (TPSA) is 273 Å². The molecule has 4 aromatic rings. The van der Waals surface area contributed by atoms with Gasteiger partial charge in [0.2, 0.25) is 0 Å². The highest BCUT2D eigenvalue weighted by Crippen LogP contribution is 2.37. The molecule has 4 aromatic carbocycles. The Hall–Kier alpha value is -5.64. The number of hydrogen-bond acceptors (Lipinski definition) is 14. The first-order valence-corrected chi connectivity index (χ1v) is 22.8. The SMILES string of the molecule is C#Cc1cc(C(=O)CC)cc(C(=O)NC)c1.CCC(=O)c1cc(C#Cc2cccc([C@H]3O[C@H](CO)[C@@H](O)[C@H](O)[C@@H]3O)c2C)cc(C(=O)NC)c1.Cc1c(Br)cccc1[C@H]1O[C@H](CO)[C@@H](O)[C@H](O)[C@@H]1O. The van der Waals surface area contributed by atoms with Crippen LogP contribution in [0.15, 0.2) is 77.3 Å². The standard InChI is InChI=1S/C26H29NO7.C13H17BrO5.C13H13NO2/c1-4-20(29)17-10-15(11-18(12-17)26(33)27-3)8-9-16-6-5-7-19(14(16)2)25-24(32)23(31)22(30)21(13-28)34-25;1-6-7(3-2-4-8(6)14)13-12(18)11(17)10(16)9(5-15)19-13;1-4-9-6-10(12(15)5-2)8-11(7-9)13(16)14-3/h5-7,10-12,21-25,28,30-32H,4,13H2,1-3H3,(H,27,33);2-4,9-13,15-18H,5H2,1H3;1,6-8H,5H2,2-3H3,(H,14,16)/t21-,22-,23+,24+,25-;9-,10-,11+,12+,13-;/m11./s1. The Morgan fingerprint density at radius 1 is 0.594 bits per heavy atom. The number of ketones is 2. The lowest BCUT2D eigenvalue weighted by molar-refractivity contribution is -0.231. The second-order valence-electron chi connectivity index (χ2n) is 16.2. The van der Waals surface area contributed by atoms with Crippen LogP contribution in [0, 0.1) is 38.0 Å². The molecule has 2 heterocycles. The maximum absolute atomic E-state index is 12.2. The third-order valence-corrected chi connectivity index (χ3v) is 12.6. The number of terminal acetylenes is 1. The van der Waals surface area contributed by atoms with E-state index < -0.39 is 74.3 Å². The minimum Gasteiger partial charge on any atom is -0.394 e. The molecule has 2 aliphatic rings. The number of nitrogens with one attached hydrogen (secondary N) is 2. The number of Topliss-reactive ketones (excluding diaryl/α,β-unsaturated/α-hetero) is 2. The van der Waals surface area contributed by atoms with Crippen molar-refractivity contribution in [2.75, 3.05) is 27.3 Å². The molecule has 2 fully saturated rings. The molecule has 0 spiro atoms.